The molecule has 2 aromatic rings. The van der Waals surface area contributed by atoms with Crippen LogP contribution in [0.2, 0.25) is 0 Å². The highest BCUT2D eigenvalue weighted by molar-refractivity contribution is 7.91. The van der Waals surface area contributed by atoms with Crippen molar-refractivity contribution in [2.45, 2.75) is 107 Å². The lowest BCUT2D eigenvalue weighted by Crippen LogP contribution is -2.56. The molecule has 0 unspecified atom stereocenters. The second kappa shape index (κ2) is 17.2. The number of halogens is 3. The number of fused-ring (bicyclic) bond motifs is 1. The molecule has 0 bridgehead atoms. The minimum atomic E-state index is -4.62. The van der Waals surface area contributed by atoms with E-state index in [0.717, 1.165) is 12.8 Å². The van der Waals surface area contributed by atoms with Gasteiger partial charge in [-0.1, -0.05) is 25.0 Å². The van der Waals surface area contributed by atoms with Crippen LogP contribution in [0, 0.1) is 18.8 Å². The van der Waals surface area contributed by atoms with Crippen LogP contribution in [0.5, 0.6) is 17.4 Å². The van der Waals surface area contributed by atoms with Crippen LogP contribution in [0.1, 0.15) is 76.7 Å². The van der Waals surface area contributed by atoms with Crippen LogP contribution in [0.3, 0.4) is 0 Å². The number of nitrogens with zero attached hydrogens (tertiary/aromatic N) is 3. The second-order valence-corrected chi connectivity index (χ2v) is 18.1. The summed E-state index contributed by atoms with van der Waals surface area (Å²) in [6.45, 7) is 2.77. The standard InChI is InChI=1S/C39H51F3N6O9S/c1-23-30(55-3)13-12-26-31(20-32(45-33(23)26)56-22-39(40,41)42)57-25-19-29(34(43)49)48(21-25)36(51)28(44-37(52)47-16-9-17-47)11-8-6-4-5-7-10-24-18-27(24)35(50)46-58(53,54)38(2)14-15-38/h7,10,12-13,20,24-25,27-29H,4-6,8-9,11,14-19,21-22H2,1-3H3,(H2,43,49)(H,44,52)(H,46,50)/b10-7-/t24-,25-,27+,28+,29+/m1/s1. The molecule has 2 aliphatic carbocycles. The lowest BCUT2D eigenvalue weighted by molar-refractivity contribution is -0.154. The molecule has 5 atom stereocenters. The Morgan fingerprint density at radius 3 is 2.48 bits per heavy atom. The third-order valence-electron chi connectivity index (χ3n) is 11.4. The molecule has 58 heavy (non-hydrogen) atoms. The zero-order valence-electron chi connectivity index (χ0n) is 32.8. The number of aryl methyl sites for hydroxylation is 1. The maximum absolute atomic E-state index is 14.2. The van der Waals surface area contributed by atoms with E-state index >= 15 is 0 Å². The minimum absolute atomic E-state index is 0.00337. The summed E-state index contributed by atoms with van der Waals surface area (Å²) in [5.41, 5.74) is 6.60. The zero-order chi connectivity index (χ0) is 42.0. The molecule has 15 nitrogen and oxygen atoms in total. The molecular formula is C39H51F3N6O9S. The highest BCUT2D eigenvalue weighted by Crippen LogP contribution is 2.44. The molecule has 2 saturated carbocycles. The van der Waals surface area contributed by atoms with Crippen molar-refractivity contribution >= 4 is 44.7 Å². The number of carbonyl (C=O) groups is 4. The normalized spacial score (nSPS) is 22.9. The monoisotopic (exact) mass is 836 g/mol. The van der Waals surface area contributed by atoms with Crippen molar-refractivity contribution in [3.05, 3.63) is 35.9 Å². The lowest BCUT2D eigenvalue weighted by atomic mass is 10.0. The molecule has 2 saturated heterocycles. The lowest BCUT2D eigenvalue weighted by Gasteiger charge is -2.34. The Balaban J connectivity index is 1.07. The first-order valence-electron chi connectivity index (χ1n) is 19.6. The van der Waals surface area contributed by atoms with E-state index in [-0.39, 0.29) is 48.4 Å². The summed E-state index contributed by atoms with van der Waals surface area (Å²) in [6.07, 6.45) is 4.04. The van der Waals surface area contributed by atoms with Crippen molar-refractivity contribution in [3.8, 4) is 17.4 Å². The highest BCUT2D eigenvalue weighted by Gasteiger charge is 2.52. The fourth-order valence-corrected chi connectivity index (χ4v) is 8.56. The number of allylic oxidation sites excluding steroid dienone is 2. The van der Waals surface area contributed by atoms with E-state index in [0.29, 0.717) is 68.3 Å². The molecular weight excluding hydrogens is 786 g/mol. The second-order valence-electron chi connectivity index (χ2n) is 15.9. The van der Waals surface area contributed by atoms with E-state index in [1.54, 1.807) is 30.9 Å². The summed E-state index contributed by atoms with van der Waals surface area (Å²) in [5.74, 6) is -1.88. The number of nitrogens with two attached hydrogens (primary N) is 1. The smallest absolute Gasteiger partial charge is 0.422 e. The first-order chi connectivity index (χ1) is 27.4. The average molecular weight is 837 g/mol. The third-order valence-corrected chi connectivity index (χ3v) is 13.6. The molecule has 19 heteroatoms. The number of benzene rings is 1. The van der Waals surface area contributed by atoms with Gasteiger partial charge in [0.25, 0.3) is 0 Å². The number of methoxy groups -OCH3 is 1. The summed E-state index contributed by atoms with van der Waals surface area (Å²) in [4.78, 5) is 59.5. The van der Waals surface area contributed by atoms with E-state index in [2.05, 4.69) is 15.0 Å². The summed E-state index contributed by atoms with van der Waals surface area (Å²) >= 11 is 0. The number of hydrogen-bond acceptors (Lipinski definition) is 10. The van der Waals surface area contributed by atoms with E-state index in [4.69, 9.17) is 19.9 Å². The van der Waals surface area contributed by atoms with Crippen molar-refractivity contribution in [1.29, 1.82) is 0 Å². The fraction of sp³-hybridized carbons (Fsp3) is 0.615. The molecule has 1 aromatic heterocycles. The largest absolute Gasteiger partial charge is 0.496 e. The van der Waals surface area contributed by atoms with Gasteiger partial charge < -0.3 is 35.1 Å². The Morgan fingerprint density at radius 2 is 1.84 bits per heavy atom. The molecule has 5 amide bonds. The molecule has 4 fully saturated rings. The Labute approximate surface area is 335 Å². The number of rotatable bonds is 18. The minimum Gasteiger partial charge on any atom is -0.496 e. The number of unbranched alkanes of at least 4 members (excludes halogenated alkanes) is 3. The van der Waals surface area contributed by atoms with Crippen molar-refractivity contribution in [3.63, 3.8) is 0 Å². The average Bonchev–Trinajstić information content (AvgIpc) is 4.05. The van der Waals surface area contributed by atoms with Gasteiger partial charge in [0.15, 0.2) is 6.61 Å². The molecule has 0 radical (unpaired) electrons. The number of hydrogen-bond donors (Lipinski definition) is 3. The van der Waals surface area contributed by atoms with E-state index in [1.165, 1.54) is 18.1 Å². The number of aromatic nitrogens is 1. The van der Waals surface area contributed by atoms with Gasteiger partial charge in [0.2, 0.25) is 33.6 Å². The number of sulfonamides is 1. The zero-order valence-corrected chi connectivity index (χ0v) is 33.6. The molecule has 2 aliphatic heterocycles. The van der Waals surface area contributed by atoms with Gasteiger partial charge in [-0.2, -0.15) is 13.2 Å². The SMILES string of the molecule is COc1ccc2c(O[C@@H]3C[C@@H](C(N)=O)N(C(=O)[C@H](CCCCC/C=C\[C@@H]4C[C@@H]4C(=O)NS(=O)(=O)C4(C)CC4)NC(=O)N4CCC4)C3)cc(OCC(F)(F)F)nc2c1C. The van der Waals surface area contributed by atoms with Gasteiger partial charge in [0.05, 0.1) is 23.9 Å². The van der Waals surface area contributed by atoms with Crippen molar-refractivity contribution in [2.24, 2.45) is 17.6 Å². The molecule has 4 aliphatic rings. The van der Waals surface area contributed by atoms with Gasteiger partial charge in [-0.25, -0.2) is 18.2 Å². The summed E-state index contributed by atoms with van der Waals surface area (Å²) in [6, 6.07) is 2.10. The van der Waals surface area contributed by atoms with Crippen molar-refractivity contribution in [2.75, 3.05) is 33.4 Å². The number of urea groups is 1. The number of amides is 5. The van der Waals surface area contributed by atoms with Crippen LogP contribution >= 0.6 is 0 Å². The molecule has 1 aromatic carbocycles. The predicted molar refractivity (Wildman–Crippen MR) is 205 cm³/mol. The van der Waals surface area contributed by atoms with Crippen LogP contribution < -0.4 is 30.0 Å². The molecule has 0 spiro atoms. The van der Waals surface area contributed by atoms with E-state index in [1.807, 2.05) is 12.2 Å². The van der Waals surface area contributed by atoms with Gasteiger partial charge in [-0.15, -0.1) is 0 Å². The molecule has 6 rings (SSSR count). The van der Waals surface area contributed by atoms with Gasteiger partial charge in [-0.05, 0) is 76.8 Å². The fourth-order valence-electron chi connectivity index (χ4n) is 7.26. The number of ether oxygens (including phenoxy) is 3. The van der Waals surface area contributed by atoms with Crippen molar-refractivity contribution < 1.29 is 55.0 Å². The molecule has 318 valence electrons. The Hall–Kier alpha value is -4.81. The van der Waals surface area contributed by atoms with E-state index in [9.17, 15) is 40.8 Å². The van der Waals surface area contributed by atoms with Gasteiger partial charge in [0.1, 0.15) is 29.7 Å². The topological polar surface area (TPSA) is 200 Å². The van der Waals surface area contributed by atoms with Crippen LogP contribution in [-0.4, -0.2) is 109 Å². The summed E-state index contributed by atoms with van der Waals surface area (Å²) in [7, 11) is -2.22. The number of pyridine rings is 1. The van der Waals surface area contributed by atoms with Gasteiger partial charge >= 0.3 is 12.2 Å². The number of alkyl halides is 3. The van der Waals surface area contributed by atoms with Crippen LogP contribution in [0.15, 0.2) is 30.4 Å². The van der Waals surface area contributed by atoms with E-state index < -0.39 is 69.5 Å². The third kappa shape index (κ3) is 10.1. The number of primary amides is 1. The first-order valence-corrected chi connectivity index (χ1v) is 21.1. The first kappa shape index (κ1) is 42.8. The molecule has 4 N–H and O–H groups in total. The van der Waals surface area contributed by atoms with Crippen LogP contribution in [0.25, 0.3) is 10.9 Å². The Bertz CT molecular complexity index is 2040. The maximum Gasteiger partial charge on any atom is 0.422 e. The summed E-state index contributed by atoms with van der Waals surface area (Å²) in [5, 5.41) is 3.29. The number of carbonyl (C=O) groups excluding carboxylic acids is 4. The molecule has 3 heterocycles. The van der Waals surface area contributed by atoms with Crippen molar-refractivity contribution in [1.82, 2.24) is 24.8 Å². The van der Waals surface area contributed by atoms with Gasteiger partial charge in [0, 0.05) is 42.4 Å². The highest BCUT2D eigenvalue weighted by atomic mass is 32.2. The maximum atomic E-state index is 14.2. The van der Waals surface area contributed by atoms with Crippen LogP contribution in [-0.2, 0) is 24.4 Å². The van der Waals surface area contributed by atoms with Gasteiger partial charge in [-0.3, -0.25) is 19.1 Å². The Morgan fingerprint density at radius 1 is 1.10 bits per heavy atom. The summed E-state index contributed by atoms with van der Waals surface area (Å²) < 4.78 is 82.0. The Kier molecular flexibility index (Phi) is 12.7. The number of likely N-dealkylation sites (tertiary alicyclic amines) is 2. The van der Waals surface area contributed by atoms with Crippen LogP contribution in [0.4, 0.5) is 18.0 Å². The number of nitrogens with one attached hydrogen (secondary N) is 2. The predicted octanol–water partition coefficient (Wildman–Crippen LogP) is 4.25. The quantitative estimate of drug-likeness (QED) is 0.144.